The van der Waals surface area contributed by atoms with Gasteiger partial charge in [0.25, 0.3) is 0 Å². The number of nitrogens with two attached hydrogens (primary N) is 1. The van der Waals surface area contributed by atoms with Crippen molar-refractivity contribution >= 4 is 5.91 Å². The topological polar surface area (TPSA) is 72.9 Å². The maximum absolute atomic E-state index is 12.7. The van der Waals surface area contributed by atoms with E-state index in [1.54, 1.807) is 0 Å². The summed E-state index contributed by atoms with van der Waals surface area (Å²) < 4.78 is 1.94. The van der Waals surface area contributed by atoms with E-state index < -0.39 is 5.54 Å². The number of rotatable bonds is 4. The molecule has 1 fully saturated rings. The molecule has 1 aliphatic carbocycles. The molecular formula is C20H28N4O. The average Bonchev–Trinajstić information content (AvgIpc) is 2.91. The van der Waals surface area contributed by atoms with Crippen molar-refractivity contribution in [3.8, 4) is 5.69 Å². The van der Waals surface area contributed by atoms with E-state index in [0.717, 1.165) is 48.3 Å². The molecule has 0 bridgehead atoms. The van der Waals surface area contributed by atoms with Gasteiger partial charge in [-0.05, 0) is 51.3 Å². The molecule has 0 radical (unpaired) electrons. The minimum atomic E-state index is -0.405. The molecular weight excluding hydrogens is 312 g/mol. The third-order valence-corrected chi connectivity index (χ3v) is 5.25. The molecule has 1 aliphatic rings. The van der Waals surface area contributed by atoms with Gasteiger partial charge in [-0.15, -0.1) is 0 Å². The Balaban J connectivity index is 1.76. The first-order valence-corrected chi connectivity index (χ1v) is 9.06. The summed E-state index contributed by atoms with van der Waals surface area (Å²) in [5, 5.41) is 7.67. The van der Waals surface area contributed by atoms with Crippen LogP contribution in [0.1, 0.15) is 49.6 Å². The van der Waals surface area contributed by atoms with Gasteiger partial charge in [0, 0.05) is 17.8 Å². The van der Waals surface area contributed by atoms with E-state index >= 15 is 0 Å². The van der Waals surface area contributed by atoms with Gasteiger partial charge in [0.15, 0.2) is 0 Å². The second-order valence-corrected chi connectivity index (χ2v) is 7.49. The molecule has 5 nitrogen and oxygen atoms in total. The lowest BCUT2D eigenvalue weighted by Gasteiger charge is -2.37. The van der Waals surface area contributed by atoms with E-state index in [0.29, 0.717) is 6.54 Å². The molecule has 5 heteroatoms. The Bertz CT molecular complexity index is 763. The van der Waals surface area contributed by atoms with Crippen LogP contribution in [0, 0.1) is 19.8 Å². The second-order valence-electron chi connectivity index (χ2n) is 7.49. The molecule has 0 spiro atoms. The Hall–Kier alpha value is -2.14. The fourth-order valence-corrected chi connectivity index (χ4v) is 3.83. The molecule has 2 aromatic rings. The molecule has 1 aromatic carbocycles. The predicted molar refractivity (Wildman–Crippen MR) is 99.4 cm³/mol. The quantitative estimate of drug-likeness (QED) is 0.898. The fourth-order valence-electron chi connectivity index (χ4n) is 3.83. The highest BCUT2D eigenvalue weighted by molar-refractivity contribution is 5.80. The maximum atomic E-state index is 12.7. The van der Waals surface area contributed by atoms with E-state index in [1.807, 2.05) is 49.7 Å². The molecule has 0 saturated heterocycles. The van der Waals surface area contributed by atoms with Crippen molar-refractivity contribution in [2.24, 2.45) is 11.7 Å². The van der Waals surface area contributed by atoms with Crippen LogP contribution in [0.5, 0.6) is 0 Å². The molecule has 3 rings (SSSR count). The summed E-state index contributed by atoms with van der Waals surface area (Å²) in [5.41, 5.74) is 10.1. The van der Waals surface area contributed by atoms with Crippen molar-refractivity contribution in [1.82, 2.24) is 15.1 Å². The molecule has 3 N–H and O–H groups in total. The lowest BCUT2D eigenvalue weighted by Crippen LogP contribution is -2.52. The molecule has 1 saturated carbocycles. The Kier molecular flexibility index (Phi) is 4.95. The van der Waals surface area contributed by atoms with Gasteiger partial charge < -0.3 is 11.1 Å². The van der Waals surface area contributed by atoms with Crippen LogP contribution in [-0.2, 0) is 11.3 Å². The van der Waals surface area contributed by atoms with E-state index in [-0.39, 0.29) is 11.8 Å². The second kappa shape index (κ2) is 7.00. The molecule has 25 heavy (non-hydrogen) atoms. The first-order valence-electron chi connectivity index (χ1n) is 9.06. The van der Waals surface area contributed by atoms with Crippen LogP contribution < -0.4 is 11.1 Å². The van der Waals surface area contributed by atoms with Crippen LogP contribution in [-0.4, -0.2) is 21.2 Å². The molecule has 2 unspecified atom stereocenters. The molecule has 0 aliphatic heterocycles. The minimum Gasteiger partial charge on any atom is -0.352 e. The Morgan fingerprint density at radius 2 is 2.12 bits per heavy atom. The number of aromatic nitrogens is 2. The van der Waals surface area contributed by atoms with Gasteiger partial charge in [-0.2, -0.15) is 5.10 Å². The van der Waals surface area contributed by atoms with Crippen LogP contribution in [0.2, 0.25) is 0 Å². The number of para-hydroxylation sites is 1. The SMILES string of the molecule is Cc1cc(C)n(-c2ccccc2CNC(=O)C2CCCCC2(C)N)n1. The summed E-state index contributed by atoms with van der Waals surface area (Å²) in [6.45, 7) is 6.51. The smallest absolute Gasteiger partial charge is 0.225 e. The molecule has 134 valence electrons. The van der Waals surface area contributed by atoms with Gasteiger partial charge in [-0.1, -0.05) is 31.0 Å². The number of nitrogens with one attached hydrogen (secondary N) is 1. The number of nitrogens with zero attached hydrogens (tertiary/aromatic N) is 2. The number of amides is 1. The number of hydrogen-bond donors (Lipinski definition) is 2. The third-order valence-electron chi connectivity index (χ3n) is 5.25. The van der Waals surface area contributed by atoms with Crippen LogP contribution >= 0.6 is 0 Å². The lowest BCUT2D eigenvalue weighted by molar-refractivity contribution is -0.128. The number of carbonyl (C=O) groups excluding carboxylic acids is 1. The molecule has 1 heterocycles. The van der Waals surface area contributed by atoms with Crippen molar-refractivity contribution in [2.75, 3.05) is 0 Å². The van der Waals surface area contributed by atoms with Crippen LogP contribution in [0.25, 0.3) is 5.69 Å². The average molecular weight is 340 g/mol. The molecule has 2 atom stereocenters. The summed E-state index contributed by atoms with van der Waals surface area (Å²) in [6.07, 6.45) is 3.97. The van der Waals surface area contributed by atoms with Gasteiger partial charge in [-0.3, -0.25) is 4.79 Å². The standard InChI is InChI=1S/C20H28N4O/c1-14-12-15(2)24(23-14)18-10-5-4-8-16(18)13-22-19(25)17-9-6-7-11-20(17,3)21/h4-5,8,10,12,17H,6-7,9,11,13,21H2,1-3H3,(H,22,25). The highest BCUT2D eigenvalue weighted by Crippen LogP contribution is 2.31. The molecule has 1 amide bonds. The minimum absolute atomic E-state index is 0.0628. The number of aryl methyl sites for hydroxylation is 2. The van der Waals surface area contributed by atoms with Gasteiger partial charge in [-0.25, -0.2) is 4.68 Å². The van der Waals surface area contributed by atoms with Gasteiger partial charge in [0.2, 0.25) is 5.91 Å². The van der Waals surface area contributed by atoms with Crippen LogP contribution in [0.3, 0.4) is 0 Å². The van der Waals surface area contributed by atoms with Gasteiger partial charge >= 0.3 is 0 Å². The number of benzene rings is 1. The van der Waals surface area contributed by atoms with Crippen molar-refractivity contribution in [2.45, 2.75) is 58.5 Å². The predicted octanol–water partition coefficient (Wildman–Crippen LogP) is 3.01. The highest BCUT2D eigenvalue weighted by atomic mass is 16.1. The summed E-state index contributed by atoms with van der Waals surface area (Å²) in [6, 6.07) is 10.1. The van der Waals surface area contributed by atoms with Gasteiger partial charge in [0.05, 0.1) is 17.3 Å². The monoisotopic (exact) mass is 340 g/mol. The zero-order valence-corrected chi connectivity index (χ0v) is 15.4. The zero-order chi connectivity index (χ0) is 18.0. The summed E-state index contributed by atoms with van der Waals surface area (Å²) in [7, 11) is 0. The number of carbonyl (C=O) groups is 1. The molecule has 1 aromatic heterocycles. The van der Waals surface area contributed by atoms with Gasteiger partial charge in [0.1, 0.15) is 0 Å². The van der Waals surface area contributed by atoms with Crippen LogP contribution in [0.15, 0.2) is 30.3 Å². The van der Waals surface area contributed by atoms with Crippen LogP contribution in [0.4, 0.5) is 0 Å². The Morgan fingerprint density at radius 1 is 1.36 bits per heavy atom. The highest BCUT2D eigenvalue weighted by Gasteiger charge is 2.37. The first kappa shape index (κ1) is 17.7. The van der Waals surface area contributed by atoms with E-state index in [4.69, 9.17) is 5.73 Å². The van der Waals surface area contributed by atoms with Crippen molar-refractivity contribution < 1.29 is 4.79 Å². The Morgan fingerprint density at radius 3 is 2.80 bits per heavy atom. The zero-order valence-electron chi connectivity index (χ0n) is 15.4. The van der Waals surface area contributed by atoms with Crippen molar-refractivity contribution in [1.29, 1.82) is 0 Å². The largest absolute Gasteiger partial charge is 0.352 e. The lowest BCUT2D eigenvalue weighted by atomic mass is 9.74. The van der Waals surface area contributed by atoms with E-state index in [2.05, 4.69) is 16.5 Å². The van der Waals surface area contributed by atoms with E-state index in [1.165, 1.54) is 0 Å². The maximum Gasteiger partial charge on any atom is 0.225 e. The summed E-state index contributed by atoms with van der Waals surface area (Å²) in [4.78, 5) is 12.7. The van der Waals surface area contributed by atoms with Crippen molar-refractivity contribution in [3.05, 3.63) is 47.3 Å². The van der Waals surface area contributed by atoms with Crippen molar-refractivity contribution in [3.63, 3.8) is 0 Å². The normalized spacial score (nSPS) is 23.4. The third kappa shape index (κ3) is 3.76. The number of hydrogen-bond acceptors (Lipinski definition) is 3. The summed E-state index contributed by atoms with van der Waals surface area (Å²) in [5.74, 6) is -0.0463. The van der Waals surface area contributed by atoms with E-state index in [9.17, 15) is 4.79 Å². The Labute approximate surface area is 149 Å². The fraction of sp³-hybridized carbons (Fsp3) is 0.500. The summed E-state index contributed by atoms with van der Waals surface area (Å²) >= 11 is 0. The first-order chi connectivity index (χ1) is 11.9.